The Morgan fingerprint density at radius 1 is 0.942 bits per heavy atom. The summed E-state index contributed by atoms with van der Waals surface area (Å²) in [6.07, 6.45) is 13.8. The molecule has 4 aliphatic rings. The summed E-state index contributed by atoms with van der Waals surface area (Å²) in [6, 6.07) is -3.92. The molecule has 4 N–H and O–H groups in total. The fourth-order valence-corrected chi connectivity index (χ4v) is 8.23. The minimum Gasteiger partial charge on any atom is -0.346 e. The normalized spacial score (nSPS) is 23.6. The standard InChI is InChI=1S/C38H64N6O7S/c1-8-21-39-34(47)31(45)28(23-26-14-15-26)40-33(46)30-27(17-16-25-12-13-25)18-22-44(30)35(48)32(38(5)19-10-9-11-20-38)42-36(49)41-29(37(2,3)4)24-43(6)52(7,50)51/h8,25-30,32H,1,9-24H2,2-7H3,(H,39,47)(H,40,46)(H2,41,42,49)/t27-,28?,29+,30-,32+/m0/s1. The molecule has 14 heteroatoms. The van der Waals surface area contributed by atoms with Gasteiger partial charge in [0.15, 0.2) is 0 Å². The summed E-state index contributed by atoms with van der Waals surface area (Å²) < 4.78 is 25.7. The van der Waals surface area contributed by atoms with Crippen molar-refractivity contribution in [3.8, 4) is 0 Å². The number of sulfonamides is 1. The number of urea groups is 1. The van der Waals surface area contributed by atoms with E-state index in [-0.39, 0.29) is 30.8 Å². The minimum absolute atomic E-state index is 0.0506. The molecule has 13 nitrogen and oxygen atoms in total. The van der Waals surface area contributed by atoms with Gasteiger partial charge < -0.3 is 26.2 Å². The Morgan fingerprint density at radius 3 is 2.13 bits per heavy atom. The van der Waals surface area contributed by atoms with Gasteiger partial charge >= 0.3 is 6.03 Å². The fraction of sp³-hybridized carbons (Fsp3) is 0.816. The smallest absolute Gasteiger partial charge is 0.315 e. The van der Waals surface area contributed by atoms with Crippen LogP contribution in [0.5, 0.6) is 0 Å². The van der Waals surface area contributed by atoms with Crippen molar-refractivity contribution in [1.29, 1.82) is 0 Å². The van der Waals surface area contributed by atoms with E-state index in [2.05, 4.69) is 27.8 Å². The molecule has 5 amide bonds. The molecule has 3 aliphatic carbocycles. The topological polar surface area (TPSA) is 174 Å². The number of ketones is 1. The lowest BCUT2D eigenvalue weighted by atomic mass is 9.70. The molecule has 0 bridgehead atoms. The van der Waals surface area contributed by atoms with E-state index >= 15 is 0 Å². The first-order valence-electron chi connectivity index (χ1n) is 19.4. The predicted octanol–water partition coefficient (Wildman–Crippen LogP) is 3.49. The number of nitrogens with zero attached hydrogens (tertiary/aromatic N) is 2. The molecular formula is C38H64N6O7S. The number of likely N-dealkylation sites (N-methyl/N-ethyl adjacent to an activating group) is 1. The Morgan fingerprint density at radius 2 is 1.58 bits per heavy atom. The van der Waals surface area contributed by atoms with E-state index < -0.39 is 68.6 Å². The predicted molar refractivity (Wildman–Crippen MR) is 200 cm³/mol. The molecule has 1 unspecified atom stereocenters. The van der Waals surface area contributed by atoms with Crippen LogP contribution in [0.3, 0.4) is 0 Å². The summed E-state index contributed by atoms with van der Waals surface area (Å²) in [6.45, 7) is 11.9. The number of hydrogen-bond donors (Lipinski definition) is 4. The van der Waals surface area contributed by atoms with Crippen LogP contribution in [0.15, 0.2) is 12.7 Å². The summed E-state index contributed by atoms with van der Waals surface area (Å²) >= 11 is 0. The van der Waals surface area contributed by atoms with Crippen LogP contribution in [0.1, 0.15) is 111 Å². The zero-order valence-electron chi connectivity index (χ0n) is 32.3. The summed E-state index contributed by atoms with van der Waals surface area (Å²) in [4.78, 5) is 70.8. The largest absolute Gasteiger partial charge is 0.346 e. The van der Waals surface area contributed by atoms with E-state index in [1.165, 1.54) is 30.3 Å². The molecule has 1 heterocycles. The number of likely N-dealkylation sites (tertiary alicyclic amines) is 1. The summed E-state index contributed by atoms with van der Waals surface area (Å²) in [5.74, 6) is -1.48. The van der Waals surface area contributed by atoms with Crippen molar-refractivity contribution in [3.63, 3.8) is 0 Å². The van der Waals surface area contributed by atoms with E-state index in [1.54, 1.807) is 4.90 Å². The van der Waals surface area contributed by atoms with Crippen LogP contribution in [-0.2, 0) is 29.2 Å². The first kappa shape index (κ1) is 41.8. The monoisotopic (exact) mass is 748 g/mol. The molecule has 0 spiro atoms. The number of amides is 5. The molecule has 4 rings (SSSR count). The molecule has 0 radical (unpaired) electrons. The van der Waals surface area contributed by atoms with Gasteiger partial charge in [0.05, 0.1) is 12.3 Å². The summed E-state index contributed by atoms with van der Waals surface area (Å²) in [5, 5.41) is 11.5. The van der Waals surface area contributed by atoms with Gasteiger partial charge in [-0.2, -0.15) is 0 Å². The molecule has 0 aromatic carbocycles. The maximum atomic E-state index is 14.9. The molecule has 0 aromatic rings. The van der Waals surface area contributed by atoms with Crippen LogP contribution in [-0.4, -0.2) is 104 Å². The summed E-state index contributed by atoms with van der Waals surface area (Å²) in [7, 11) is -2.04. The number of hydrogen-bond acceptors (Lipinski definition) is 7. The Bertz CT molecular complexity index is 1430. The highest BCUT2D eigenvalue weighted by atomic mass is 32.2. The molecule has 4 fully saturated rings. The second kappa shape index (κ2) is 17.4. The van der Waals surface area contributed by atoms with Crippen molar-refractivity contribution in [3.05, 3.63) is 12.7 Å². The lowest BCUT2D eigenvalue weighted by molar-refractivity contribution is -0.145. The fourth-order valence-electron chi connectivity index (χ4n) is 7.81. The quantitative estimate of drug-likeness (QED) is 0.123. The van der Waals surface area contributed by atoms with Crippen molar-refractivity contribution < 1.29 is 32.4 Å². The maximum Gasteiger partial charge on any atom is 0.315 e. The van der Waals surface area contributed by atoms with E-state index in [4.69, 9.17) is 0 Å². The number of nitrogens with one attached hydrogen (secondary N) is 4. The van der Waals surface area contributed by atoms with E-state index in [0.717, 1.165) is 64.0 Å². The Kier molecular flexibility index (Phi) is 14.0. The van der Waals surface area contributed by atoms with Crippen molar-refractivity contribution in [2.24, 2.45) is 28.6 Å². The van der Waals surface area contributed by atoms with E-state index in [9.17, 15) is 32.4 Å². The number of rotatable bonds is 18. The highest BCUT2D eigenvalue weighted by Crippen LogP contribution is 2.42. The van der Waals surface area contributed by atoms with E-state index in [1.807, 2.05) is 27.7 Å². The van der Waals surface area contributed by atoms with Crippen molar-refractivity contribution in [2.45, 2.75) is 135 Å². The van der Waals surface area contributed by atoms with Gasteiger partial charge in [0.25, 0.3) is 5.91 Å². The SMILES string of the molecule is C=CCNC(=O)C(=O)C(CC1CC1)NC(=O)[C@@H]1[C@@H](CCC2CC2)CCN1C(=O)[C@@H](NC(=O)N[C@H](CN(C)S(C)(=O)=O)C(C)(C)C)C1(C)CCCCC1. The van der Waals surface area contributed by atoms with Crippen LogP contribution in [0.4, 0.5) is 4.79 Å². The molecule has 0 aromatic heterocycles. The first-order valence-corrected chi connectivity index (χ1v) is 21.2. The average molecular weight is 749 g/mol. The Balaban J connectivity index is 1.60. The van der Waals surface area contributed by atoms with Crippen LogP contribution in [0.25, 0.3) is 0 Å². The second-order valence-electron chi connectivity index (χ2n) is 17.4. The molecule has 52 heavy (non-hydrogen) atoms. The van der Waals surface area contributed by atoms with Crippen LogP contribution < -0.4 is 21.3 Å². The van der Waals surface area contributed by atoms with Crippen LogP contribution in [0.2, 0.25) is 0 Å². The van der Waals surface area contributed by atoms with E-state index in [0.29, 0.717) is 25.3 Å². The van der Waals surface area contributed by atoms with Crippen molar-refractivity contribution in [2.75, 3.05) is 32.9 Å². The van der Waals surface area contributed by atoms with Crippen LogP contribution >= 0.6 is 0 Å². The van der Waals surface area contributed by atoms with Crippen molar-refractivity contribution >= 4 is 39.6 Å². The van der Waals surface area contributed by atoms with Gasteiger partial charge in [-0.3, -0.25) is 19.2 Å². The lowest BCUT2D eigenvalue weighted by Gasteiger charge is -2.43. The molecular weight excluding hydrogens is 685 g/mol. The van der Waals surface area contributed by atoms with Crippen LogP contribution in [0, 0.1) is 28.6 Å². The van der Waals surface area contributed by atoms with Gasteiger partial charge in [-0.1, -0.05) is 85.1 Å². The van der Waals surface area contributed by atoms with Gasteiger partial charge in [0.1, 0.15) is 12.1 Å². The molecule has 1 aliphatic heterocycles. The number of carbonyl (C=O) groups is 5. The highest BCUT2D eigenvalue weighted by molar-refractivity contribution is 7.88. The molecule has 5 atom stereocenters. The Hall–Kier alpha value is -3.00. The molecule has 294 valence electrons. The van der Waals surface area contributed by atoms with Gasteiger partial charge in [-0.15, -0.1) is 6.58 Å². The van der Waals surface area contributed by atoms with Gasteiger partial charge in [-0.25, -0.2) is 17.5 Å². The highest BCUT2D eigenvalue weighted by Gasteiger charge is 2.50. The second-order valence-corrected chi connectivity index (χ2v) is 19.5. The number of carbonyl (C=O) groups excluding carboxylic acids is 5. The Labute approximate surface area is 311 Å². The molecule has 3 saturated carbocycles. The third-order valence-corrected chi connectivity index (χ3v) is 13.1. The summed E-state index contributed by atoms with van der Waals surface area (Å²) in [5.41, 5.74) is -1.08. The molecule has 1 saturated heterocycles. The first-order chi connectivity index (χ1) is 24.3. The minimum atomic E-state index is -3.51. The third kappa shape index (κ3) is 11.5. The third-order valence-electron chi connectivity index (χ3n) is 11.8. The lowest BCUT2D eigenvalue weighted by Crippen LogP contribution is -2.63. The maximum absolute atomic E-state index is 14.9. The average Bonchev–Trinajstić information content (AvgIpc) is 4.02. The van der Waals surface area contributed by atoms with Gasteiger partial charge in [0.2, 0.25) is 27.6 Å². The zero-order chi connectivity index (χ0) is 38.4. The van der Waals surface area contributed by atoms with Crippen molar-refractivity contribution in [1.82, 2.24) is 30.5 Å². The van der Waals surface area contributed by atoms with Gasteiger partial charge in [-0.05, 0) is 60.7 Å². The zero-order valence-corrected chi connectivity index (χ0v) is 33.1. The number of Topliss-reactive ketones (excluding diaryl/α,β-unsaturated/α-hetero) is 1. The van der Waals surface area contributed by atoms with Gasteiger partial charge in [0, 0.05) is 32.7 Å².